The first-order valence-electron chi connectivity index (χ1n) is 10.5. The van der Waals surface area contributed by atoms with Crippen molar-refractivity contribution in [1.29, 1.82) is 0 Å². The van der Waals surface area contributed by atoms with Crippen LogP contribution in [0.15, 0.2) is 29.2 Å². The zero-order valence-corrected chi connectivity index (χ0v) is 18.1. The molecule has 0 bridgehead atoms. The number of nitrogens with zero attached hydrogens (tertiary/aromatic N) is 2. The molecule has 1 N–H and O–H groups in total. The first-order valence-corrected chi connectivity index (χ1v) is 11.9. The van der Waals surface area contributed by atoms with Gasteiger partial charge in [-0.1, -0.05) is 18.6 Å². The minimum Gasteiger partial charge on any atom is -0.354 e. The summed E-state index contributed by atoms with van der Waals surface area (Å²) in [6.45, 7) is 3.42. The molecule has 0 aliphatic carbocycles. The standard InChI is InChI=1S/C21H29N3O5S/c1-16(25)17-7-9-18(10-8-17)30(28,29)24-15-3-2-6-19(24)21(27)22-12-11-20(26)23-13-4-5-14-23/h7-10,19H,2-6,11-15H2,1H3,(H,22,27)/t19-/m1/s1. The Balaban J connectivity index is 1.65. The molecule has 1 atom stereocenters. The quantitative estimate of drug-likeness (QED) is 0.655. The van der Waals surface area contributed by atoms with Crippen LogP contribution in [0.1, 0.15) is 55.8 Å². The molecule has 3 rings (SSSR count). The Morgan fingerprint density at radius 1 is 1.00 bits per heavy atom. The van der Waals surface area contributed by atoms with Crippen LogP contribution in [0.3, 0.4) is 0 Å². The molecular formula is C21H29N3O5S. The Morgan fingerprint density at radius 2 is 1.63 bits per heavy atom. The number of ketones is 1. The normalized spacial score (nSPS) is 20.2. The summed E-state index contributed by atoms with van der Waals surface area (Å²) in [6.07, 6.45) is 4.14. The number of rotatable bonds is 7. The minimum absolute atomic E-state index is 0.0199. The Bertz CT molecular complexity index is 892. The van der Waals surface area contributed by atoms with Crippen molar-refractivity contribution < 1.29 is 22.8 Å². The van der Waals surface area contributed by atoms with Crippen LogP contribution < -0.4 is 5.32 Å². The zero-order valence-electron chi connectivity index (χ0n) is 17.3. The number of hydrogen-bond acceptors (Lipinski definition) is 5. The summed E-state index contributed by atoms with van der Waals surface area (Å²) in [5, 5.41) is 2.75. The third-order valence-electron chi connectivity index (χ3n) is 5.72. The summed E-state index contributed by atoms with van der Waals surface area (Å²) in [4.78, 5) is 38.2. The molecule has 1 aromatic rings. The lowest BCUT2D eigenvalue weighted by Gasteiger charge is -2.33. The van der Waals surface area contributed by atoms with E-state index in [-0.39, 0.29) is 42.0 Å². The van der Waals surface area contributed by atoms with Crippen LogP contribution in [0, 0.1) is 0 Å². The van der Waals surface area contributed by atoms with Crippen molar-refractivity contribution in [2.75, 3.05) is 26.2 Å². The van der Waals surface area contributed by atoms with E-state index in [1.54, 1.807) is 4.90 Å². The van der Waals surface area contributed by atoms with E-state index in [0.717, 1.165) is 32.4 Å². The van der Waals surface area contributed by atoms with Crippen LogP contribution >= 0.6 is 0 Å². The highest BCUT2D eigenvalue weighted by Gasteiger charge is 2.37. The van der Waals surface area contributed by atoms with Gasteiger partial charge in [-0.3, -0.25) is 14.4 Å². The number of sulfonamides is 1. The summed E-state index contributed by atoms with van der Waals surface area (Å²) in [5.41, 5.74) is 0.435. The molecule has 2 aliphatic heterocycles. The molecule has 0 spiro atoms. The molecule has 2 saturated heterocycles. The number of amides is 2. The van der Waals surface area contributed by atoms with Crippen molar-refractivity contribution in [2.24, 2.45) is 0 Å². The molecule has 0 aromatic heterocycles. The van der Waals surface area contributed by atoms with Crippen LogP contribution in [-0.2, 0) is 19.6 Å². The van der Waals surface area contributed by atoms with E-state index < -0.39 is 16.1 Å². The second-order valence-corrected chi connectivity index (χ2v) is 9.73. The van der Waals surface area contributed by atoms with E-state index in [2.05, 4.69) is 5.32 Å². The summed E-state index contributed by atoms with van der Waals surface area (Å²) >= 11 is 0. The molecule has 0 unspecified atom stereocenters. The number of hydrogen-bond donors (Lipinski definition) is 1. The van der Waals surface area contributed by atoms with Gasteiger partial charge in [0.2, 0.25) is 21.8 Å². The number of nitrogens with one attached hydrogen (secondary N) is 1. The largest absolute Gasteiger partial charge is 0.354 e. The molecule has 2 heterocycles. The average molecular weight is 436 g/mol. The lowest BCUT2D eigenvalue weighted by molar-refractivity contribution is -0.130. The van der Waals surface area contributed by atoms with E-state index in [1.165, 1.54) is 35.5 Å². The highest BCUT2D eigenvalue weighted by Crippen LogP contribution is 2.26. The van der Waals surface area contributed by atoms with Gasteiger partial charge in [-0.2, -0.15) is 4.31 Å². The van der Waals surface area contributed by atoms with Gasteiger partial charge in [0.25, 0.3) is 0 Å². The van der Waals surface area contributed by atoms with E-state index >= 15 is 0 Å². The van der Waals surface area contributed by atoms with Crippen molar-refractivity contribution >= 4 is 27.6 Å². The third-order valence-corrected chi connectivity index (χ3v) is 7.64. The van der Waals surface area contributed by atoms with Crippen LogP contribution in [0.4, 0.5) is 0 Å². The second kappa shape index (κ2) is 9.70. The van der Waals surface area contributed by atoms with E-state index in [1.807, 2.05) is 0 Å². The lowest BCUT2D eigenvalue weighted by Crippen LogP contribution is -2.52. The van der Waals surface area contributed by atoms with Gasteiger partial charge in [0, 0.05) is 38.2 Å². The number of piperidine rings is 1. The van der Waals surface area contributed by atoms with Gasteiger partial charge in [0.1, 0.15) is 6.04 Å². The Kier molecular flexibility index (Phi) is 7.25. The fraction of sp³-hybridized carbons (Fsp3) is 0.571. The first-order chi connectivity index (χ1) is 14.3. The molecule has 9 heteroatoms. The van der Waals surface area contributed by atoms with Crippen molar-refractivity contribution in [1.82, 2.24) is 14.5 Å². The van der Waals surface area contributed by atoms with Gasteiger partial charge in [0.15, 0.2) is 5.78 Å². The van der Waals surface area contributed by atoms with Crippen molar-refractivity contribution in [3.63, 3.8) is 0 Å². The number of benzene rings is 1. The highest BCUT2D eigenvalue weighted by molar-refractivity contribution is 7.89. The predicted molar refractivity (Wildman–Crippen MR) is 111 cm³/mol. The van der Waals surface area contributed by atoms with E-state index in [0.29, 0.717) is 18.4 Å². The molecular weight excluding hydrogens is 406 g/mol. The molecule has 0 saturated carbocycles. The number of carbonyl (C=O) groups excluding carboxylic acids is 3. The molecule has 2 aliphatic rings. The highest BCUT2D eigenvalue weighted by atomic mass is 32.2. The molecule has 2 amide bonds. The van der Waals surface area contributed by atoms with E-state index in [9.17, 15) is 22.8 Å². The predicted octanol–water partition coefficient (Wildman–Crippen LogP) is 1.56. The second-order valence-electron chi connectivity index (χ2n) is 7.84. The maximum Gasteiger partial charge on any atom is 0.243 e. The van der Waals surface area contributed by atoms with Crippen LogP contribution in [0.2, 0.25) is 0 Å². The van der Waals surface area contributed by atoms with Crippen molar-refractivity contribution in [3.05, 3.63) is 29.8 Å². The monoisotopic (exact) mass is 435 g/mol. The molecule has 1 aromatic carbocycles. The fourth-order valence-electron chi connectivity index (χ4n) is 3.99. The summed E-state index contributed by atoms with van der Waals surface area (Å²) in [6, 6.07) is 4.99. The average Bonchev–Trinajstić information content (AvgIpc) is 3.28. The van der Waals surface area contributed by atoms with Crippen LogP contribution in [-0.4, -0.2) is 67.4 Å². The van der Waals surface area contributed by atoms with Gasteiger partial charge in [-0.05, 0) is 44.7 Å². The number of likely N-dealkylation sites (tertiary alicyclic amines) is 1. The maximum absolute atomic E-state index is 13.1. The molecule has 8 nitrogen and oxygen atoms in total. The molecule has 164 valence electrons. The van der Waals surface area contributed by atoms with E-state index in [4.69, 9.17) is 0 Å². The van der Waals surface area contributed by atoms with Crippen molar-refractivity contribution in [2.45, 2.75) is 56.4 Å². The summed E-state index contributed by atoms with van der Waals surface area (Å²) in [5.74, 6) is -0.489. The molecule has 30 heavy (non-hydrogen) atoms. The summed E-state index contributed by atoms with van der Waals surface area (Å²) < 4.78 is 27.5. The number of carbonyl (C=O) groups is 3. The minimum atomic E-state index is -3.87. The fourth-order valence-corrected chi connectivity index (χ4v) is 5.64. The Morgan fingerprint density at radius 3 is 2.27 bits per heavy atom. The zero-order chi connectivity index (χ0) is 21.7. The first kappa shape index (κ1) is 22.4. The van der Waals surface area contributed by atoms with Gasteiger partial charge in [-0.15, -0.1) is 0 Å². The van der Waals surface area contributed by atoms with Crippen LogP contribution in [0.25, 0.3) is 0 Å². The summed E-state index contributed by atoms with van der Waals surface area (Å²) in [7, 11) is -3.87. The molecule has 2 fully saturated rings. The van der Waals surface area contributed by atoms with Crippen molar-refractivity contribution in [3.8, 4) is 0 Å². The topological polar surface area (TPSA) is 104 Å². The van der Waals surface area contributed by atoms with Gasteiger partial charge < -0.3 is 10.2 Å². The lowest BCUT2D eigenvalue weighted by atomic mass is 10.0. The SMILES string of the molecule is CC(=O)c1ccc(S(=O)(=O)N2CCCC[C@@H]2C(=O)NCCC(=O)N2CCCC2)cc1. The Hall–Kier alpha value is -2.26. The Labute approximate surface area is 177 Å². The van der Waals surface area contributed by atoms with Gasteiger partial charge in [0.05, 0.1) is 4.90 Å². The number of Topliss-reactive ketones (excluding diaryl/α,β-unsaturated/α-hetero) is 1. The van der Waals surface area contributed by atoms with Gasteiger partial charge >= 0.3 is 0 Å². The smallest absolute Gasteiger partial charge is 0.243 e. The third kappa shape index (κ3) is 5.07. The molecule has 0 radical (unpaired) electrons. The maximum atomic E-state index is 13.1. The van der Waals surface area contributed by atoms with Gasteiger partial charge in [-0.25, -0.2) is 8.42 Å². The van der Waals surface area contributed by atoms with Crippen LogP contribution in [0.5, 0.6) is 0 Å².